The van der Waals surface area contributed by atoms with Gasteiger partial charge in [-0.3, -0.25) is 4.79 Å². The monoisotopic (exact) mass is 219 g/mol. The molecule has 0 aliphatic heterocycles. The van der Waals surface area contributed by atoms with Gasteiger partial charge in [0.05, 0.1) is 20.6 Å². The molecule has 1 amide bonds. The predicted octanol–water partition coefficient (Wildman–Crippen LogP) is 0.765. The SMILES string of the molecule is CC(C)CNC(=O)C[N+](C)(C)CCS. The van der Waals surface area contributed by atoms with E-state index in [0.29, 0.717) is 16.9 Å². The Hall–Kier alpha value is -0.220. The largest absolute Gasteiger partial charge is 0.351 e. The number of quaternary nitrogens is 1. The highest BCUT2D eigenvalue weighted by molar-refractivity contribution is 7.80. The summed E-state index contributed by atoms with van der Waals surface area (Å²) in [5.74, 6) is 1.45. The van der Waals surface area contributed by atoms with Crippen LogP contribution in [-0.4, -0.2) is 49.9 Å². The van der Waals surface area contributed by atoms with Crippen LogP contribution in [0.25, 0.3) is 0 Å². The van der Waals surface area contributed by atoms with E-state index in [1.54, 1.807) is 0 Å². The molecule has 0 atom stereocenters. The number of likely N-dealkylation sites (N-methyl/N-ethyl adjacent to an activating group) is 1. The topological polar surface area (TPSA) is 29.1 Å². The van der Waals surface area contributed by atoms with Crippen LogP contribution < -0.4 is 5.32 Å². The predicted molar refractivity (Wildman–Crippen MR) is 63.5 cm³/mol. The first-order chi connectivity index (χ1) is 6.37. The van der Waals surface area contributed by atoms with E-state index in [4.69, 9.17) is 0 Å². The van der Waals surface area contributed by atoms with E-state index in [-0.39, 0.29) is 5.91 Å². The van der Waals surface area contributed by atoms with E-state index in [1.807, 2.05) is 14.1 Å². The summed E-state index contributed by atoms with van der Waals surface area (Å²) in [7, 11) is 4.09. The molecule has 0 heterocycles. The lowest BCUT2D eigenvalue weighted by Gasteiger charge is -2.28. The highest BCUT2D eigenvalue weighted by Crippen LogP contribution is 1.97. The van der Waals surface area contributed by atoms with E-state index < -0.39 is 0 Å². The van der Waals surface area contributed by atoms with Crippen molar-refractivity contribution >= 4 is 18.5 Å². The molecule has 84 valence electrons. The van der Waals surface area contributed by atoms with E-state index in [1.165, 1.54) is 0 Å². The summed E-state index contributed by atoms with van der Waals surface area (Å²) in [6, 6.07) is 0. The van der Waals surface area contributed by atoms with E-state index in [9.17, 15) is 4.79 Å². The second kappa shape index (κ2) is 6.30. The van der Waals surface area contributed by atoms with Gasteiger partial charge in [-0.15, -0.1) is 0 Å². The number of thiol groups is 1. The smallest absolute Gasteiger partial charge is 0.275 e. The molecule has 4 heteroatoms. The minimum Gasteiger partial charge on any atom is -0.351 e. The maximum Gasteiger partial charge on any atom is 0.275 e. The van der Waals surface area contributed by atoms with Crippen LogP contribution in [0.5, 0.6) is 0 Å². The molecule has 14 heavy (non-hydrogen) atoms. The Morgan fingerprint density at radius 2 is 2.00 bits per heavy atom. The molecule has 0 spiro atoms. The zero-order valence-electron chi connectivity index (χ0n) is 9.71. The van der Waals surface area contributed by atoms with Gasteiger partial charge in [-0.1, -0.05) is 13.8 Å². The molecule has 0 rings (SSSR count). The van der Waals surface area contributed by atoms with Crippen molar-refractivity contribution in [2.24, 2.45) is 5.92 Å². The van der Waals surface area contributed by atoms with Crippen LogP contribution in [0.3, 0.4) is 0 Å². The van der Waals surface area contributed by atoms with Crippen molar-refractivity contribution in [1.82, 2.24) is 5.32 Å². The Labute approximate surface area is 92.9 Å². The molecule has 0 unspecified atom stereocenters. The van der Waals surface area contributed by atoms with Crippen LogP contribution in [0.2, 0.25) is 0 Å². The van der Waals surface area contributed by atoms with Crippen molar-refractivity contribution in [3.05, 3.63) is 0 Å². The summed E-state index contributed by atoms with van der Waals surface area (Å²) in [5, 5.41) is 2.92. The van der Waals surface area contributed by atoms with Gasteiger partial charge in [0, 0.05) is 12.3 Å². The minimum atomic E-state index is 0.130. The molecule has 0 radical (unpaired) electrons. The fraction of sp³-hybridized carbons (Fsp3) is 0.900. The number of hydrogen-bond donors (Lipinski definition) is 2. The third kappa shape index (κ3) is 7.21. The molecule has 1 N–H and O–H groups in total. The number of nitrogens with one attached hydrogen (secondary N) is 1. The molecule has 0 bridgehead atoms. The van der Waals surface area contributed by atoms with E-state index >= 15 is 0 Å². The summed E-state index contributed by atoms with van der Waals surface area (Å²) < 4.78 is 0.702. The highest BCUT2D eigenvalue weighted by atomic mass is 32.1. The average molecular weight is 219 g/mol. The molecule has 0 aromatic rings. The van der Waals surface area contributed by atoms with Gasteiger partial charge in [0.2, 0.25) is 0 Å². The summed E-state index contributed by atoms with van der Waals surface area (Å²) in [5.41, 5.74) is 0. The van der Waals surface area contributed by atoms with E-state index in [0.717, 1.165) is 18.8 Å². The van der Waals surface area contributed by atoms with Gasteiger partial charge in [-0.25, -0.2) is 0 Å². The first kappa shape index (κ1) is 13.8. The number of nitrogens with zero attached hydrogens (tertiary/aromatic N) is 1. The maximum absolute atomic E-state index is 11.5. The summed E-state index contributed by atoms with van der Waals surface area (Å²) in [6.07, 6.45) is 0. The minimum absolute atomic E-state index is 0.130. The second-order valence-corrected chi connectivity index (χ2v) is 5.19. The van der Waals surface area contributed by atoms with Crippen LogP contribution in [0.15, 0.2) is 0 Å². The normalized spacial score (nSPS) is 11.9. The molecule has 0 saturated carbocycles. The molecular weight excluding hydrogens is 196 g/mol. The lowest BCUT2D eigenvalue weighted by Crippen LogP contribution is -2.48. The van der Waals surface area contributed by atoms with Crippen molar-refractivity contribution in [2.45, 2.75) is 13.8 Å². The van der Waals surface area contributed by atoms with Crippen molar-refractivity contribution in [3.63, 3.8) is 0 Å². The lowest BCUT2D eigenvalue weighted by molar-refractivity contribution is -0.879. The zero-order valence-corrected chi connectivity index (χ0v) is 10.6. The van der Waals surface area contributed by atoms with Crippen LogP contribution in [-0.2, 0) is 4.79 Å². The van der Waals surface area contributed by atoms with Gasteiger partial charge >= 0.3 is 0 Å². The molecular formula is C10H23N2OS+. The molecule has 3 nitrogen and oxygen atoms in total. The van der Waals surface area contributed by atoms with Crippen LogP contribution in [0.4, 0.5) is 0 Å². The van der Waals surface area contributed by atoms with Gasteiger partial charge < -0.3 is 9.80 Å². The molecule has 0 fully saturated rings. The van der Waals surface area contributed by atoms with Gasteiger partial charge in [0.25, 0.3) is 5.91 Å². The Morgan fingerprint density at radius 1 is 1.43 bits per heavy atom. The first-order valence-corrected chi connectivity index (χ1v) is 5.70. The number of hydrogen-bond acceptors (Lipinski definition) is 2. The Bertz CT molecular complexity index is 181. The van der Waals surface area contributed by atoms with Gasteiger partial charge in [0.15, 0.2) is 6.54 Å². The van der Waals surface area contributed by atoms with Crippen molar-refractivity contribution in [1.29, 1.82) is 0 Å². The van der Waals surface area contributed by atoms with Gasteiger partial charge in [-0.05, 0) is 5.92 Å². The fourth-order valence-electron chi connectivity index (χ4n) is 1.11. The van der Waals surface area contributed by atoms with Crippen molar-refractivity contribution in [2.75, 3.05) is 39.5 Å². The van der Waals surface area contributed by atoms with Crippen LogP contribution in [0, 0.1) is 5.92 Å². The standard InChI is InChI=1S/C10H22N2OS/c1-9(2)7-11-10(13)8-12(3,4)5-6-14/h9H,5-8H2,1-4H3,(H-,11,13,14)/p+1. The van der Waals surface area contributed by atoms with Crippen molar-refractivity contribution < 1.29 is 9.28 Å². The number of carbonyl (C=O) groups is 1. The Morgan fingerprint density at radius 3 is 2.43 bits per heavy atom. The zero-order chi connectivity index (χ0) is 11.2. The molecule has 0 saturated heterocycles. The summed E-state index contributed by atoms with van der Waals surface area (Å²) in [6.45, 7) is 6.40. The highest BCUT2D eigenvalue weighted by Gasteiger charge is 2.18. The number of amides is 1. The number of carbonyl (C=O) groups excluding carboxylic acids is 1. The molecule has 0 aromatic carbocycles. The van der Waals surface area contributed by atoms with Crippen molar-refractivity contribution in [3.8, 4) is 0 Å². The quantitative estimate of drug-likeness (QED) is 0.501. The first-order valence-electron chi connectivity index (χ1n) is 5.07. The van der Waals surface area contributed by atoms with Crippen LogP contribution >= 0.6 is 12.6 Å². The van der Waals surface area contributed by atoms with Gasteiger partial charge in [0.1, 0.15) is 0 Å². The molecule has 0 aliphatic carbocycles. The third-order valence-electron chi connectivity index (χ3n) is 1.98. The van der Waals surface area contributed by atoms with Gasteiger partial charge in [-0.2, -0.15) is 12.6 Å². The van der Waals surface area contributed by atoms with E-state index in [2.05, 4.69) is 31.8 Å². The molecule has 0 aromatic heterocycles. The lowest BCUT2D eigenvalue weighted by atomic mass is 10.2. The second-order valence-electron chi connectivity index (χ2n) is 4.74. The number of rotatable bonds is 6. The van der Waals surface area contributed by atoms with Crippen LogP contribution in [0.1, 0.15) is 13.8 Å². The fourth-order valence-corrected chi connectivity index (χ4v) is 1.65. The molecule has 0 aliphatic rings. The summed E-state index contributed by atoms with van der Waals surface area (Å²) >= 11 is 4.17. The maximum atomic E-state index is 11.5. The average Bonchev–Trinajstić information content (AvgIpc) is 1.99. The Kier molecular flexibility index (Phi) is 6.20. The Balaban J connectivity index is 3.81. The third-order valence-corrected chi connectivity index (χ3v) is 2.18. The summed E-state index contributed by atoms with van der Waals surface area (Å²) in [4.78, 5) is 11.5.